The SMILES string of the molecule is [2H]C([2H])([2H])OCCc1cc(C(=O)CC[C@@]2(O)CCCC(F)(F)C2)c2c(Cl)cccn12. The number of fused-ring (bicyclic) bond motifs is 1. The summed E-state index contributed by atoms with van der Waals surface area (Å²) in [5, 5.41) is 10.9. The monoisotopic (exact) mass is 402 g/mol. The molecule has 0 saturated heterocycles. The predicted molar refractivity (Wildman–Crippen MR) is 99.9 cm³/mol. The van der Waals surface area contributed by atoms with Crippen LogP contribution in [-0.2, 0) is 11.2 Å². The molecule has 1 atom stereocenters. The third-order valence-corrected chi connectivity index (χ3v) is 5.48. The Hall–Kier alpha value is -1.50. The van der Waals surface area contributed by atoms with Gasteiger partial charge in [0.2, 0.25) is 0 Å². The van der Waals surface area contributed by atoms with Gasteiger partial charge in [-0.3, -0.25) is 4.79 Å². The van der Waals surface area contributed by atoms with Crippen LogP contribution < -0.4 is 0 Å². The van der Waals surface area contributed by atoms with Crippen LogP contribution in [0.5, 0.6) is 0 Å². The van der Waals surface area contributed by atoms with Crippen molar-refractivity contribution in [2.24, 2.45) is 0 Å². The molecule has 2 heterocycles. The standard InChI is InChI=1S/C20H24ClF2NO3/c1-27-11-6-14-12-15(18-16(21)4-2-10-24(14)18)17(25)5-9-19(26)7-3-8-20(22,23)13-19/h2,4,10,12,26H,3,5-9,11,13H2,1H3/t19-/m0/s1/i1D3. The number of aliphatic hydroxyl groups is 1. The lowest BCUT2D eigenvalue weighted by Gasteiger charge is -2.36. The number of ketones is 1. The first-order valence-electron chi connectivity index (χ1n) is 10.5. The maximum absolute atomic E-state index is 13.7. The summed E-state index contributed by atoms with van der Waals surface area (Å²) >= 11 is 6.30. The predicted octanol–water partition coefficient (Wildman–Crippen LogP) is 4.68. The van der Waals surface area contributed by atoms with E-state index in [1.807, 2.05) is 0 Å². The minimum atomic E-state index is -2.92. The quantitative estimate of drug-likeness (QED) is 0.684. The minimum Gasteiger partial charge on any atom is -0.390 e. The lowest BCUT2D eigenvalue weighted by molar-refractivity contribution is -0.126. The van der Waals surface area contributed by atoms with Gasteiger partial charge in [0.1, 0.15) is 0 Å². The lowest BCUT2D eigenvalue weighted by Crippen LogP contribution is -2.41. The van der Waals surface area contributed by atoms with Crippen LogP contribution in [0.15, 0.2) is 24.4 Å². The normalized spacial score (nSPS) is 24.4. The zero-order valence-electron chi connectivity index (χ0n) is 17.8. The van der Waals surface area contributed by atoms with E-state index < -0.39 is 25.0 Å². The van der Waals surface area contributed by atoms with E-state index in [1.54, 1.807) is 28.8 Å². The number of ether oxygens (including phenoxy) is 1. The Kier molecular flexibility index (Phi) is 4.79. The molecule has 1 aliphatic carbocycles. The van der Waals surface area contributed by atoms with E-state index >= 15 is 0 Å². The number of Topliss-reactive ketones (excluding diaryl/α,β-unsaturated/α-hetero) is 1. The number of nitrogens with zero attached hydrogens (tertiary/aromatic N) is 1. The number of pyridine rings is 1. The largest absolute Gasteiger partial charge is 0.390 e. The first kappa shape index (κ1) is 16.5. The highest BCUT2D eigenvalue weighted by Gasteiger charge is 2.44. The summed E-state index contributed by atoms with van der Waals surface area (Å²) in [6.07, 6.45) is 1.37. The molecule has 1 fully saturated rings. The lowest BCUT2D eigenvalue weighted by atomic mass is 9.79. The minimum absolute atomic E-state index is 0.0549. The van der Waals surface area contributed by atoms with Gasteiger partial charge in [0.05, 0.1) is 26.9 Å². The second-order valence-electron chi connectivity index (χ2n) is 7.26. The molecule has 2 aromatic heterocycles. The molecule has 2 aromatic rings. The van der Waals surface area contributed by atoms with Crippen LogP contribution in [0.1, 0.15) is 58.7 Å². The molecule has 0 bridgehead atoms. The summed E-state index contributed by atoms with van der Waals surface area (Å²) in [5.41, 5.74) is -0.139. The van der Waals surface area contributed by atoms with E-state index in [1.165, 1.54) is 0 Å². The maximum atomic E-state index is 13.7. The Bertz CT molecular complexity index is 932. The number of hydrogen-bond donors (Lipinski definition) is 1. The number of rotatable bonds is 7. The number of carbonyl (C=O) groups excluding carboxylic acids is 1. The molecule has 7 heteroatoms. The van der Waals surface area contributed by atoms with Crippen LogP contribution in [0.3, 0.4) is 0 Å². The smallest absolute Gasteiger partial charge is 0.250 e. The molecule has 0 spiro atoms. The summed E-state index contributed by atoms with van der Waals surface area (Å²) in [5.74, 6) is -3.23. The van der Waals surface area contributed by atoms with Crippen LogP contribution in [0.25, 0.3) is 5.52 Å². The first-order valence-corrected chi connectivity index (χ1v) is 9.33. The summed E-state index contributed by atoms with van der Waals surface area (Å²) in [6, 6.07) is 4.95. The van der Waals surface area contributed by atoms with Crippen LogP contribution in [0.4, 0.5) is 8.78 Å². The van der Waals surface area contributed by atoms with Crippen molar-refractivity contribution in [3.63, 3.8) is 0 Å². The molecule has 0 radical (unpaired) electrons. The Labute approximate surface area is 166 Å². The van der Waals surface area contributed by atoms with Gasteiger partial charge in [0.15, 0.2) is 5.78 Å². The van der Waals surface area contributed by atoms with Gasteiger partial charge in [0.25, 0.3) is 5.92 Å². The van der Waals surface area contributed by atoms with E-state index in [9.17, 15) is 18.7 Å². The molecule has 0 unspecified atom stereocenters. The highest BCUT2D eigenvalue weighted by atomic mass is 35.5. The molecule has 1 N–H and O–H groups in total. The number of methoxy groups -OCH3 is 1. The Balaban J connectivity index is 1.78. The van der Waals surface area contributed by atoms with Gasteiger partial charge in [-0.05, 0) is 37.5 Å². The van der Waals surface area contributed by atoms with Gasteiger partial charge >= 0.3 is 0 Å². The maximum Gasteiger partial charge on any atom is 0.250 e. The Morgan fingerprint density at radius 1 is 1.48 bits per heavy atom. The van der Waals surface area contributed by atoms with Crippen molar-refractivity contribution in [3.8, 4) is 0 Å². The molecule has 0 aromatic carbocycles. The molecular formula is C20H24ClF2NO3. The van der Waals surface area contributed by atoms with Gasteiger partial charge in [0, 0.05) is 50.2 Å². The van der Waals surface area contributed by atoms with Crippen molar-refractivity contribution in [2.75, 3.05) is 13.6 Å². The zero-order valence-corrected chi connectivity index (χ0v) is 15.6. The van der Waals surface area contributed by atoms with Crippen LogP contribution >= 0.6 is 11.6 Å². The molecule has 27 heavy (non-hydrogen) atoms. The third kappa shape index (κ3) is 4.50. The molecule has 148 valence electrons. The molecule has 0 amide bonds. The number of aromatic nitrogens is 1. The second kappa shape index (κ2) is 7.86. The molecule has 4 nitrogen and oxygen atoms in total. The van der Waals surface area contributed by atoms with Crippen molar-refractivity contribution < 1.29 is 27.5 Å². The molecule has 0 aliphatic heterocycles. The van der Waals surface area contributed by atoms with Gasteiger partial charge in [-0.1, -0.05) is 11.6 Å². The number of carbonyl (C=O) groups is 1. The van der Waals surface area contributed by atoms with Crippen molar-refractivity contribution in [2.45, 2.75) is 56.5 Å². The number of alkyl halides is 2. The van der Waals surface area contributed by atoms with E-state index in [0.717, 1.165) is 0 Å². The third-order valence-electron chi connectivity index (χ3n) is 5.17. The van der Waals surface area contributed by atoms with Crippen LogP contribution in [0.2, 0.25) is 5.02 Å². The van der Waals surface area contributed by atoms with Crippen molar-refractivity contribution in [1.29, 1.82) is 0 Å². The molecule has 1 saturated carbocycles. The van der Waals surface area contributed by atoms with Crippen LogP contribution in [-0.4, -0.2) is 40.5 Å². The number of hydrogen-bond acceptors (Lipinski definition) is 3. The summed E-state index contributed by atoms with van der Waals surface area (Å²) < 4.78 is 55.3. The van der Waals surface area contributed by atoms with Gasteiger partial charge in [-0.25, -0.2) is 8.78 Å². The summed E-state index contributed by atoms with van der Waals surface area (Å²) in [7, 11) is -2.51. The van der Waals surface area contributed by atoms with E-state index in [4.69, 9.17) is 20.5 Å². The average Bonchev–Trinajstić information content (AvgIpc) is 2.98. The van der Waals surface area contributed by atoms with Gasteiger partial charge in [-0.2, -0.15) is 0 Å². The van der Waals surface area contributed by atoms with Gasteiger partial charge < -0.3 is 14.2 Å². The highest BCUT2D eigenvalue weighted by molar-refractivity contribution is 6.35. The van der Waals surface area contributed by atoms with Crippen molar-refractivity contribution in [3.05, 3.63) is 40.7 Å². The summed E-state index contributed by atoms with van der Waals surface area (Å²) in [6.45, 7) is -0.0718. The first-order chi connectivity index (χ1) is 13.9. The van der Waals surface area contributed by atoms with Gasteiger partial charge in [-0.15, -0.1) is 0 Å². The van der Waals surface area contributed by atoms with Crippen LogP contribution in [0, 0.1) is 0 Å². The Morgan fingerprint density at radius 3 is 3.04 bits per heavy atom. The average molecular weight is 403 g/mol. The topological polar surface area (TPSA) is 50.9 Å². The fraction of sp³-hybridized carbons (Fsp3) is 0.550. The fourth-order valence-electron chi connectivity index (χ4n) is 3.87. The Morgan fingerprint density at radius 2 is 2.30 bits per heavy atom. The van der Waals surface area contributed by atoms with Crippen molar-refractivity contribution >= 4 is 22.9 Å². The molecule has 1 aliphatic rings. The van der Waals surface area contributed by atoms with E-state index in [0.29, 0.717) is 21.8 Å². The zero-order chi connectivity index (χ0) is 22.2. The van der Waals surface area contributed by atoms with E-state index in [2.05, 4.69) is 0 Å². The molecule has 3 rings (SSSR count). The molecular weight excluding hydrogens is 376 g/mol. The van der Waals surface area contributed by atoms with Crippen molar-refractivity contribution in [1.82, 2.24) is 4.40 Å². The fourth-order valence-corrected chi connectivity index (χ4v) is 4.14. The second-order valence-corrected chi connectivity index (χ2v) is 7.66. The van der Waals surface area contributed by atoms with E-state index in [-0.39, 0.29) is 50.9 Å². The summed E-state index contributed by atoms with van der Waals surface area (Å²) in [4.78, 5) is 12.9. The highest BCUT2D eigenvalue weighted by Crippen LogP contribution is 2.41. The number of halogens is 3.